The Balaban J connectivity index is 2.82. The molecule has 0 saturated heterocycles. The molecule has 1 amide bonds. The summed E-state index contributed by atoms with van der Waals surface area (Å²) in [7, 11) is 0. The lowest BCUT2D eigenvalue weighted by molar-refractivity contribution is 0.0923. The molecule has 0 saturated carbocycles. The van der Waals surface area contributed by atoms with E-state index < -0.39 is 17.2 Å². The maximum atomic E-state index is 11.7. The summed E-state index contributed by atoms with van der Waals surface area (Å²) >= 11 is 0. The van der Waals surface area contributed by atoms with Crippen LogP contribution in [0.25, 0.3) is 0 Å². The molecule has 1 unspecified atom stereocenters. The van der Waals surface area contributed by atoms with Crippen molar-refractivity contribution < 1.29 is 9.90 Å². The first-order valence-electron chi connectivity index (χ1n) is 5.32. The number of amides is 1. The van der Waals surface area contributed by atoms with Crippen molar-refractivity contribution in [1.29, 1.82) is 0 Å². The fraction of sp³-hybridized carbons (Fsp3) is 0.500. The van der Waals surface area contributed by atoms with Gasteiger partial charge in [-0.15, -0.1) is 0 Å². The summed E-state index contributed by atoms with van der Waals surface area (Å²) in [6, 6.07) is 0.831. The van der Waals surface area contributed by atoms with E-state index in [0.717, 1.165) is 6.07 Å². The number of aliphatic hydroxyl groups is 1. The lowest BCUT2D eigenvalue weighted by atomic mass is 10.1. The minimum Gasteiger partial charge on any atom is -0.396 e. The number of aromatic amines is 2. The highest BCUT2D eigenvalue weighted by atomic mass is 16.3. The van der Waals surface area contributed by atoms with Crippen molar-refractivity contribution in [3.8, 4) is 0 Å². The van der Waals surface area contributed by atoms with Gasteiger partial charge in [-0.1, -0.05) is 6.92 Å². The van der Waals surface area contributed by atoms with Crippen LogP contribution in [-0.2, 0) is 0 Å². The molecule has 17 heavy (non-hydrogen) atoms. The van der Waals surface area contributed by atoms with Crippen LogP contribution in [0.15, 0.2) is 15.7 Å². The summed E-state index contributed by atoms with van der Waals surface area (Å²) < 4.78 is 0. The second kappa shape index (κ2) is 6.00. The van der Waals surface area contributed by atoms with Crippen LogP contribution in [0.1, 0.15) is 30.3 Å². The first kappa shape index (κ1) is 13.2. The van der Waals surface area contributed by atoms with Gasteiger partial charge in [0.25, 0.3) is 11.5 Å². The Bertz CT molecular complexity index is 463. The summed E-state index contributed by atoms with van der Waals surface area (Å²) in [6.07, 6.45) is 1.08. The van der Waals surface area contributed by atoms with E-state index in [9.17, 15) is 14.4 Å². The third kappa shape index (κ3) is 3.87. The minimum atomic E-state index is -0.724. The van der Waals surface area contributed by atoms with Crippen LogP contribution in [-0.4, -0.2) is 33.6 Å². The Morgan fingerprint density at radius 2 is 2.18 bits per heavy atom. The number of nitrogens with one attached hydrogen (secondary N) is 3. The Labute approximate surface area is 96.9 Å². The predicted octanol–water partition coefficient (Wildman–Crippen LogP) is -1.05. The van der Waals surface area contributed by atoms with Crippen LogP contribution in [0.5, 0.6) is 0 Å². The van der Waals surface area contributed by atoms with Gasteiger partial charge in [0.1, 0.15) is 5.69 Å². The number of hydrogen-bond acceptors (Lipinski definition) is 4. The largest absolute Gasteiger partial charge is 0.396 e. The van der Waals surface area contributed by atoms with Crippen molar-refractivity contribution in [3.05, 3.63) is 32.6 Å². The van der Waals surface area contributed by atoms with E-state index in [1.807, 2.05) is 11.9 Å². The van der Waals surface area contributed by atoms with Crippen LogP contribution in [0, 0.1) is 0 Å². The summed E-state index contributed by atoms with van der Waals surface area (Å²) in [5, 5.41) is 11.4. The topological polar surface area (TPSA) is 115 Å². The standard InChI is InChI=1S/C10H15N3O4/c1-2-6(3-4-14)11-9(16)7-5-8(15)13-10(17)12-7/h5-6,14H,2-4H2,1H3,(H,11,16)(H2,12,13,15,17). The molecule has 0 bridgehead atoms. The van der Waals surface area contributed by atoms with Crippen molar-refractivity contribution >= 4 is 5.91 Å². The third-order valence-corrected chi connectivity index (χ3v) is 2.31. The first-order chi connectivity index (χ1) is 8.06. The molecular formula is C10H15N3O4. The second-order valence-electron chi connectivity index (χ2n) is 3.59. The highest BCUT2D eigenvalue weighted by Crippen LogP contribution is 1.98. The third-order valence-electron chi connectivity index (χ3n) is 2.31. The highest BCUT2D eigenvalue weighted by Gasteiger charge is 2.13. The van der Waals surface area contributed by atoms with Crippen LogP contribution in [0.3, 0.4) is 0 Å². The Morgan fingerprint density at radius 3 is 2.71 bits per heavy atom. The lowest BCUT2D eigenvalue weighted by Gasteiger charge is -2.15. The molecule has 0 aromatic carbocycles. The van der Waals surface area contributed by atoms with Crippen LogP contribution < -0.4 is 16.6 Å². The first-order valence-corrected chi connectivity index (χ1v) is 5.32. The van der Waals surface area contributed by atoms with Crippen molar-refractivity contribution in [2.24, 2.45) is 0 Å². The van der Waals surface area contributed by atoms with Crippen LogP contribution in [0.2, 0.25) is 0 Å². The van der Waals surface area contributed by atoms with Gasteiger partial charge in [-0.05, 0) is 12.8 Å². The molecule has 1 aromatic heterocycles. The van der Waals surface area contributed by atoms with Gasteiger partial charge in [0.15, 0.2) is 0 Å². The van der Waals surface area contributed by atoms with E-state index in [-0.39, 0.29) is 18.3 Å². The van der Waals surface area contributed by atoms with Gasteiger partial charge >= 0.3 is 5.69 Å². The van der Waals surface area contributed by atoms with Gasteiger partial charge in [-0.2, -0.15) is 0 Å². The van der Waals surface area contributed by atoms with Gasteiger partial charge in [0, 0.05) is 18.7 Å². The predicted molar refractivity (Wildman–Crippen MR) is 60.9 cm³/mol. The number of aromatic nitrogens is 2. The Hall–Kier alpha value is -1.89. The molecule has 1 rings (SSSR count). The maximum absolute atomic E-state index is 11.7. The number of H-pyrrole nitrogens is 2. The molecule has 7 nitrogen and oxygen atoms in total. The Kier molecular flexibility index (Phi) is 4.65. The normalized spacial score (nSPS) is 12.1. The SMILES string of the molecule is CCC(CCO)NC(=O)c1cc(=O)[nH]c(=O)[nH]1. The van der Waals surface area contributed by atoms with Gasteiger partial charge in [-0.25, -0.2) is 4.79 Å². The summed E-state index contributed by atoms with van der Waals surface area (Å²) in [6.45, 7) is 1.83. The fourth-order valence-corrected chi connectivity index (χ4v) is 1.39. The van der Waals surface area contributed by atoms with E-state index >= 15 is 0 Å². The monoisotopic (exact) mass is 241 g/mol. The number of hydrogen-bond donors (Lipinski definition) is 4. The van der Waals surface area contributed by atoms with Gasteiger partial charge in [0.05, 0.1) is 0 Å². The van der Waals surface area contributed by atoms with Crippen LogP contribution >= 0.6 is 0 Å². The molecule has 0 aliphatic carbocycles. The quantitative estimate of drug-likeness (QED) is 0.526. The Morgan fingerprint density at radius 1 is 1.47 bits per heavy atom. The molecule has 0 aliphatic heterocycles. The van der Waals surface area contributed by atoms with Crippen molar-refractivity contribution in [1.82, 2.24) is 15.3 Å². The van der Waals surface area contributed by atoms with Crippen molar-refractivity contribution in [3.63, 3.8) is 0 Å². The minimum absolute atomic E-state index is 0.0370. The van der Waals surface area contributed by atoms with Crippen molar-refractivity contribution in [2.75, 3.05) is 6.61 Å². The van der Waals surface area contributed by atoms with Gasteiger partial charge < -0.3 is 15.4 Å². The van der Waals surface area contributed by atoms with Gasteiger partial charge in [0.2, 0.25) is 0 Å². The van der Waals surface area contributed by atoms with E-state index in [2.05, 4.69) is 10.3 Å². The average molecular weight is 241 g/mol. The highest BCUT2D eigenvalue weighted by molar-refractivity contribution is 5.92. The molecular weight excluding hydrogens is 226 g/mol. The summed E-state index contributed by atoms with van der Waals surface area (Å²) in [4.78, 5) is 37.8. The number of aliphatic hydroxyl groups excluding tert-OH is 1. The zero-order chi connectivity index (χ0) is 12.8. The van der Waals surface area contributed by atoms with Crippen LogP contribution in [0.4, 0.5) is 0 Å². The molecule has 94 valence electrons. The lowest BCUT2D eigenvalue weighted by Crippen LogP contribution is -2.37. The smallest absolute Gasteiger partial charge is 0.326 e. The van der Waals surface area contributed by atoms with E-state index in [1.165, 1.54) is 0 Å². The van der Waals surface area contributed by atoms with Crippen molar-refractivity contribution in [2.45, 2.75) is 25.8 Å². The molecule has 4 N–H and O–H groups in total. The zero-order valence-corrected chi connectivity index (χ0v) is 9.45. The van der Waals surface area contributed by atoms with E-state index in [1.54, 1.807) is 0 Å². The van der Waals surface area contributed by atoms with E-state index in [4.69, 9.17) is 5.11 Å². The average Bonchev–Trinajstić information content (AvgIpc) is 2.27. The van der Waals surface area contributed by atoms with Gasteiger partial charge in [-0.3, -0.25) is 14.6 Å². The molecule has 0 radical (unpaired) electrons. The number of rotatable bonds is 5. The summed E-state index contributed by atoms with van der Waals surface area (Å²) in [5.41, 5.74) is -1.44. The number of carbonyl (C=O) groups is 1. The maximum Gasteiger partial charge on any atom is 0.326 e. The molecule has 0 aliphatic rings. The van der Waals surface area contributed by atoms with E-state index in [0.29, 0.717) is 12.8 Å². The molecule has 0 fully saturated rings. The molecule has 1 aromatic rings. The molecule has 1 atom stereocenters. The zero-order valence-electron chi connectivity index (χ0n) is 9.45. The molecule has 1 heterocycles. The molecule has 7 heteroatoms. The second-order valence-corrected chi connectivity index (χ2v) is 3.59. The number of carbonyl (C=O) groups excluding carboxylic acids is 1. The fourth-order valence-electron chi connectivity index (χ4n) is 1.39. The summed E-state index contributed by atoms with van der Waals surface area (Å²) in [5.74, 6) is -0.534. The molecule has 0 spiro atoms.